The van der Waals surface area contributed by atoms with E-state index >= 15 is 0 Å². The summed E-state index contributed by atoms with van der Waals surface area (Å²) < 4.78 is 5.70. The number of rotatable bonds is 4. The van der Waals surface area contributed by atoms with Crippen LogP contribution in [0, 0.1) is 11.3 Å². The quantitative estimate of drug-likeness (QED) is 0.778. The van der Waals surface area contributed by atoms with E-state index in [0.29, 0.717) is 19.1 Å². The summed E-state index contributed by atoms with van der Waals surface area (Å²) in [7, 11) is 0. The summed E-state index contributed by atoms with van der Waals surface area (Å²) in [6.45, 7) is 9.05. The third-order valence-corrected chi connectivity index (χ3v) is 5.83. The minimum absolute atomic E-state index is 0. The molecule has 2 aliphatic rings. The Labute approximate surface area is 141 Å². The molecule has 0 aromatic heterocycles. The first-order chi connectivity index (χ1) is 9.81. The fraction of sp³-hybridized carbons (Fsp3) is 0.941. The number of carbonyl (C=O) groups excluding carboxylic acids is 1. The lowest BCUT2D eigenvalue weighted by Crippen LogP contribution is -2.76. The van der Waals surface area contributed by atoms with Crippen molar-refractivity contribution in [2.24, 2.45) is 17.1 Å². The molecule has 4 unspecified atom stereocenters. The fourth-order valence-electron chi connectivity index (χ4n) is 3.77. The second-order valence-electron chi connectivity index (χ2n) is 7.62. The van der Waals surface area contributed by atoms with Crippen molar-refractivity contribution in [2.75, 3.05) is 6.61 Å². The molecule has 0 radical (unpaired) electrons. The zero-order valence-electron chi connectivity index (χ0n) is 14.5. The summed E-state index contributed by atoms with van der Waals surface area (Å²) in [6.07, 6.45) is 6.57. The van der Waals surface area contributed by atoms with Gasteiger partial charge in [0.15, 0.2) is 0 Å². The van der Waals surface area contributed by atoms with Crippen LogP contribution in [0.15, 0.2) is 0 Å². The van der Waals surface area contributed by atoms with E-state index in [2.05, 4.69) is 12.2 Å². The lowest BCUT2D eigenvalue weighted by molar-refractivity contribution is -0.171. The molecule has 0 aliphatic heterocycles. The average molecular weight is 333 g/mol. The van der Waals surface area contributed by atoms with Gasteiger partial charge in [-0.3, -0.25) is 4.79 Å². The van der Waals surface area contributed by atoms with Crippen molar-refractivity contribution in [3.8, 4) is 0 Å². The number of halogens is 1. The number of carbonyl (C=O) groups is 1. The van der Waals surface area contributed by atoms with Gasteiger partial charge in [0.05, 0.1) is 6.10 Å². The Bertz CT molecular complexity index is 389. The van der Waals surface area contributed by atoms with Crippen LogP contribution in [0.1, 0.15) is 66.2 Å². The SMILES string of the molecule is CCOC1CC(N)(C(=O)NC2CCCC(C)CC2)C1(C)C.Cl. The van der Waals surface area contributed by atoms with E-state index < -0.39 is 5.54 Å². The molecular formula is C17H33ClN2O2. The van der Waals surface area contributed by atoms with Gasteiger partial charge >= 0.3 is 0 Å². The van der Waals surface area contributed by atoms with Crippen molar-refractivity contribution in [3.63, 3.8) is 0 Å². The second-order valence-corrected chi connectivity index (χ2v) is 7.62. The molecular weight excluding hydrogens is 300 g/mol. The Morgan fingerprint density at radius 1 is 1.27 bits per heavy atom. The molecule has 5 heteroatoms. The van der Waals surface area contributed by atoms with Crippen molar-refractivity contribution in [1.82, 2.24) is 5.32 Å². The van der Waals surface area contributed by atoms with Crippen LogP contribution in [0.5, 0.6) is 0 Å². The molecule has 2 aliphatic carbocycles. The van der Waals surface area contributed by atoms with Crippen molar-refractivity contribution >= 4 is 18.3 Å². The third kappa shape index (κ3) is 3.60. The Hall–Kier alpha value is -0.320. The lowest BCUT2D eigenvalue weighted by atomic mass is 9.54. The van der Waals surface area contributed by atoms with Crippen LogP contribution >= 0.6 is 12.4 Å². The Balaban J connectivity index is 0.00000242. The summed E-state index contributed by atoms with van der Waals surface area (Å²) in [4.78, 5) is 12.7. The van der Waals surface area contributed by atoms with Crippen molar-refractivity contribution in [3.05, 3.63) is 0 Å². The first-order valence-corrected chi connectivity index (χ1v) is 8.52. The van der Waals surface area contributed by atoms with Crippen LogP contribution < -0.4 is 11.1 Å². The topological polar surface area (TPSA) is 64.3 Å². The van der Waals surface area contributed by atoms with E-state index in [4.69, 9.17) is 10.5 Å². The smallest absolute Gasteiger partial charge is 0.241 e. The van der Waals surface area contributed by atoms with Gasteiger partial charge in [-0.15, -0.1) is 12.4 Å². The minimum atomic E-state index is -0.787. The Morgan fingerprint density at radius 2 is 1.95 bits per heavy atom. The highest BCUT2D eigenvalue weighted by Crippen LogP contribution is 2.50. The second kappa shape index (κ2) is 7.50. The zero-order valence-corrected chi connectivity index (χ0v) is 15.3. The molecule has 2 fully saturated rings. The highest BCUT2D eigenvalue weighted by molar-refractivity contribution is 5.89. The fourth-order valence-corrected chi connectivity index (χ4v) is 3.77. The molecule has 0 heterocycles. The molecule has 4 nitrogen and oxygen atoms in total. The van der Waals surface area contributed by atoms with Crippen LogP contribution in [-0.2, 0) is 9.53 Å². The molecule has 4 atom stereocenters. The highest BCUT2D eigenvalue weighted by Gasteiger charge is 2.62. The van der Waals surface area contributed by atoms with Crippen LogP contribution in [0.2, 0.25) is 0 Å². The van der Waals surface area contributed by atoms with E-state index in [0.717, 1.165) is 18.8 Å². The molecule has 0 aromatic carbocycles. The van der Waals surface area contributed by atoms with Gasteiger partial charge in [-0.2, -0.15) is 0 Å². The van der Waals surface area contributed by atoms with Gasteiger partial charge in [-0.05, 0) is 32.1 Å². The molecule has 1 amide bonds. The number of amides is 1. The van der Waals surface area contributed by atoms with Crippen LogP contribution in [0.25, 0.3) is 0 Å². The van der Waals surface area contributed by atoms with Gasteiger partial charge in [0, 0.05) is 24.5 Å². The van der Waals surface area contributed by atoms with E-state index in [1.807, 2.05) is 20.8 Å². The first kappa shape index (κ1) is 19.7. The number of hydrogen-bond donors (Lipinski definition) is 2. The van der Waals surface area contributed by atoms with Gasteiger partial charge in [-0.25, -0.2) is 0 Å². The standard InChI is InChI=1S/C17H32N2O2.ClH/c1-5-21-14-11-17(18,16(14,3)4)15(20)19-13-8-6-7-12(2)9-10-13;/h12-14H,5-11,18H2,1-4H3,(H,19,20);1H. The van der Waals surface area contributed by atoms with Gasteiger partial charge in [-0.1, -0.05) is 33.6 Å². The van der Waals surface area contributed by atoms with Crippen LogP contribution in [0.4, 0.5) is 0 Å². The van der Waals surface area contributed by atoms with Gasteiger partial charge < -0.3 is 15.8 Å². The molecule has 2 rings (SSSR count). The van der Waals surface area contributed by atoms with Gasteiger partial charge in [0.1, 0.15) is 5.54 Å². The number of ether oxygens (including phenoxy) is 1. The third-order valence-electron chi connectivity index (χ3n) is 5.83. The lowest BCUT2D eigenvalue weighted by Gasteiger charge is -2.57. The summed E-state index contributed by atoms with van der Waals surface area (Å²) in [5, 5.41) is 3.22. The molecule has 3 N–H and O–H groups in total. The monoisotopic (exact) mass is 332 g/mol. The molecule has 0 bridgehead atoms. The average Bonchev–Trinajstić information content (AvgIpc) is 2.63. The van der Waals surface area contributed by atoms with E-state index in [9.17, 15) is 4.79 Å². The summed E-state index contributed by atoms with van der Waals surface area (Å²) in [6, 6.07) is 0.296. The molecule has 2 saturated carbocycles. The first-order valence-electron chi connectivity index (χ1n) is 8.52. The zero-order chi connectivity index (χ0) is 15.7. The molecule has 22 heavy (non-hydrogen) atoms. The normalized spacial score (nSPS) is 37.4. The maximum atomic E-state index is 12.7. The Kier molecular flexibility index (Phi) is 6.72. The van der Waals surface area contributed by atoms with Crippen molar-refractivity contribution < 1.29 is 9.53 Å². The highest BCUT2D eigenvalue weighted by atomic mass is 35.5. The summed E-state index contributed by atoms with van der Waals surface area (Å²) >= 11 is 0. The molecule has 0 spiro atoms. The molecule has 130 valence electrons. The predicted octanol–water partition coefficient (Wildman–Crippen LogP) is 3.03. The number of hydrogen-bond acceptors (Lipinski definition) is 3. The number of nitrogens with two attached hydrogens (primary N) is 1. The summed E-state index contributed by atoms with van der Waals surface area (Å²) in [5.41, 5.74) is 5.35. The summed E-state index contributed by atoms with van der Waals surface area (Å²) in [5.74, 6) is 0.796. The van der Waals surface area contributed by atoms with E-state index in [1.54, 1.807) is 0 Å². The predicted molar refractivity (Wildman–Crippen MR) is 92.2 cm³/mol. The van der Waals surface area contributed by atoms with Crippen LogP contribution in [0.3, 0.4) is 0 Å². The molecule has 0 saturated heterocycles. The van der Waals surface area contributed by atoms with Gasteiger partial charge in [0.25, 0.3) is 0 Å². The van der Waals surface area contributed by atoms with Crippen molar-refractivity contribution in [2.45, 2.75) is 83.9 Å². The van der Waals surface area contributed by atoms with Crippen molar-refractivity contribution in [1.29, 1.82) is 0 Å². The minimum Gasteiger partial charge on any atom is -0.378 e. The number of nitrogens with one attached hydrogen (secondary N) is 1. The largest absolute Gasteiger partial charge is 0.378 e. The maximum Gasteiger partial charge on any atom is 0.241 e. The molecule has 0 aromatic rings. The van der Waals surface area contributed by atoms with E-state index in [1.165, 1.54) is 19.3 Å². The van der Waals surface area contributed by atoms with Gasteiger partial charge in [0.2, 0.25) is 5.91 Å². The van der Waals surface area contributed by atoms with Crippen LogP contribution in [-0.4, -0.2) is 30.2 Å². The van der Waals surface area contributed by atoms with E-state index in [-0.39, 0.29) is 29.8 Å². The maximum absolute atomic E-state index is 12.7. The Morgan fingerprint density at radius 3 is 2.55 bits per heavy atom.